The molecule has 32 heavy (non-hydrogen) atoms. The predicted octanol–water partition coefficient (Wildman–Crippen LogP) is 6.34. The maximum absolute atomic E-state index is 11.2. The molecule has 0 saturated heterocycles. The van der Waals surface area contributed by atoms with Gasteiger partial charge in [-0.05, 0) is 40.0 Å². The second kappa shape index (κ2) is 5.75. The molecule has 3 heterocycles. The van der Waals surface area contributed by atoms with Crippen molar-refractivity contribution < 1.29 is 10.2 Å². The SMILES string of the molecule is CC(C)(C)c1ccc2c(ccn3c2nc2c(O)c(O)c4c(c23)C(C)(C)C(C)(C)C4(C)C)n1. The summed E-state index contributed by atoms with van der Waals surface area (Å²) in [5, 5.41) is 23.2. The van der Waals surface area contributed by atoms with Gasteiger partial charge < -0.3 is 10.2 Å². The van der Waals surface area contributed by atoms with E-state index in [4.69, 9.17) is 9.97 Å². The zero-order valence-corrected chi connectivity index (χ0v) is 20.5. The van der Waals surface area contributed by atoms with E-state index in [9.17, 15) is 10.2 Å². The number of hydrogen-bond donors (Lipinski definition) is 2. The highest BCUT2D eigenvalue weighted by Crippen LogP contribution is 2.66. The van der Waals surface area contributed by atoms with Crippen molar-refractivity contribution in [1.29, 1.82) is 0 Å². The Bertz CT molecular complexity index is 1450. The minimum absolute atomic E-state index is 0.0444. The number of aromatic hydroxyl groups is 2. The zero-order valence-electron chi connectivity index (χ0n) is 20.5. The Balaban J connectivity index is 1.98. The maximum atomic E-state index is 11.2. The molecule has 168 valence electrons. The number of nitrogens with zero attached hydrogens (tertiary/aromatic N) is 3. The Morgan fingerprint density at radius 3 is 2.06 bits per heavy atom. The molecule has 1 aliphatic rings. The molecule has 5 nitrogen and oxygen atoms in total. The first-order valence-corrected chi connectivity index (χ1v) is 11.3. The van der Waals surface area contributed by atoms with E-state index in [1.807, 2.05) is 12.3 Å². The lowest BCUT2D eigenvalue weighted by Gasteiger charge is -2.44. The van der Waals surface area contributed by atoms with Crippen molar-refractivity contribution in [3.05, 3.63) is 41.2 Å². The van der Waals surface area contributed by atoms with Gasteiger partial charge in [-0.25, -0.2) is 4.98 Å². The van der Waals surface area contributed by atoms with E-state index < -0.39 is 0 Å². The second-order valence-electron chi connectivity index (χ2n) is 12.0. The largest absolute Gasteiger partial charge is 0.504 e. The standard InChI is InChI=1S/C27H33N3O2/c1-24(2,3)16-11-10-14-15(28-16)12-13-30-20-17-18(21(31)22(32)19(20)29-23(14)30)26(6,7)27(8,9)25(17,4)5/h10-13,31-32H,1-9H3. The van der Waals surface area contributed by atoms with E-state index >= 15 is 0 Å². The van der Waals surface area contributed by atoms with Gasteiger partial charge in [-0.3, -0.25) is 9.38 Å². The monoisotopic (exact) mass is 431 g/mol. The van der Waals surface area contributed by atoms with Crippen LogP contribution in [0.5, 0.6) is 11.5 Å². The Morgan fingerprint density at radius 2 is 1.44 bits per heavy atom. The molecule has 0 spiro atoms. The number of pyridine rings is 2. The van der Waals surface area contributed by atoms with E-state index in [0.717, 1.165) is 38.9 Å². The van der Waals surface area contributed by atoms with Gasteiger partial charge in [-0.1, -0.05) is 62.3 Å². The summed E-state index contributed by atoms with van der Waals surface area (Å²) in [6, 6.07) is 6.15. The molecule has 5 heteroatoms. The van der Waals surface area contributed by atoms with Crippen molar-refractivity contribution in [2.75, 3.05) is 0 Å². The van der Waals surface area contributed by atoms with Gasteiger partial charge in [0.1, 0.15) is 11.2 Å². The average Bonchev–Trinajstić information content (AvgIpc) is 3.12. The number of aromatic nitrogens is 3. The minimum atomic E-state index is -0.342. The Morgan fingerprint density at radius 1 is 0.812 bits per heavy atom. The fourth-order valence-corrected chi connectivity index (χ4v) is 5.62. The molecule has 4 aromatic rings. The summed E-state index contributed by atoms with van der Waals surface area (Å²) >= 11 is 0. The maximum Gasteiger partial charge on any atom is 0.186 e. The summed E-state index contributed by atoms with van der Waals surface area (Å²) in [7, 11) is 0. The van der Waals surface area contributed by atoms with Crippen LogP contribution in [0, 0.1) is 5.41 Å². The second-order valence-corrected chi connectivity index (χ2v) is 12.0. The van der Waals surface area contributed by atoms with E-state index in [1.54, 1.807) is 0 Å². The first-order valence-electron chi connectivity index (χ1n) is 11.3. The van der Waals surface area contributed by atoms with Crippen molar-refractivity contribution in [1.82, 2.24) is 14.4 Å². The van der Waals surface area contributed by atoms with Crippen molar-refractivity contribution >= 4 is 27.6 Å². The van der Waals surface area contributed by atoms with E-state index in [0.29, 0.717) is 5.52 Å². The highest BCUT2D eigenvalue weighted by molar-refractivity contribution is 6.01. The normalized spacial score (nSPS) is 19.2. The van der Waals surface area contributed by atoms with Crippen molar-refractivity contribution in [3.8, 4) is 11.5 Å². The molecular formula is C27H33N3O2. The average molecular weight is 432 g/mol. The van der Waals surface area contributed by atoms with Crippen molar-refractivity contribution in [2.45, 2.75) is 78.6 Å². The summed E-state index contributed by atoms with van der Waals surface area (Å²) in [5.74, 6) is -0.187. The molecule has 0 fully saturated rings. The highest BCUT2D eigenvalue weighted by Gasteiger charge is 2.59. The quantitative estimate of drug-likeness (QED) is 0.319. The molecule has 1 aliphatic carbocycles. The Hall–Kier alpha value is -2.82. The van der Waals surface area contributed by atoms with Crippen LogP contribution in [0.25, 0.3) is 27.6 Å². The van der Waals surface area contributed by atoms with Gasteiger partial charge in [-0.2, -0.15) is 0 Å². The molecule has 0 saturated carbocycles. The van der Waals surface area contributed by atoms with Crippen LogP contribution in [0.4, 0.5) is 0 Å². The molecular weight excluding hydrogens is 398 g/mol. The smallest absolute Gasteiger partial charge is 0.186 e. The zero-order chi connectivity index (χ0) is 23.6. The van der Waals surface area contributed by atoms with Gasteiger partial charge in [0, 0.05) is 28.3 Å². The highest BCUT2D eigenvalue weighted by atomic mass is 16.3. The lowest BCUT2D eigenvalue weighted by molar-refractivity contribution is 0.124. The number of rotatable bonds is 0. The fraction of sp³-hybridized carbons (Fsp3) is 0.481. The van der Waals surface area contributed by atoms with Gasteiger partial charge in [0.15, 0.2) is 11.5 Å². The molecule has 3 aromatic heterocycles. The molecule has 0 radical (unpaired) electrons. The Kier molecular flexibility index (Phi) is 3.78. The van der Waals surface area contributed by atoms with Crippen molar-refractivity contribution in [2.24, 2.45) is 5.41 Å². The lowest BCUT2D eigenvalue weighted by Crippen LogP contribution is -2.42. The van der Waals surface area contributed by atoms with Gasteiger partial charge in [0.05, 0.1) is 11.0 Å². The van der Waals surface area contributed by atoms with E-state index in [-0.39, 0.29) is 33.2 Å². The summed E-state index contributed by atoms with van der Waals surface area (Å²) in [5.41, 5.74) is 5.02. The molecule has 2 N–H and O–H groups in total. The third-order valence-corrected chi connectivity index (χ3v) is 8.77. The van der Waals surface area contributed by atoms with Crippen LogP contribution in [0.15, 0.2) is 24.4 Å². The molecule has 0 bridgehead atoms. The summed E-state index contributed by atoms with van der Waals surface area (Å²) in [4.78, 5) is 9.74. The number of hydrogen-bond acceptors (Lipinski definition) is 4. The predicted molar refractivity (Wildman–Crippen MR) is 130 cm³/mol. The lowest BCUT2D eigenvalue weighted by atomic mass is 9.59. The number of phenolic OH excluding ortho intramolecular Hbond substituents is 2. The summed E-state index contributed by atoms with van der Waals surface area (Å²) in [6.07, 6.45) is 2.00. The van der Waals surface area contributed by atoms with Crippen LogP contribution in [0.1, 0.15) is 79.1 Å². The van der Waals surface area contributed by atoms with Crippen LogP contribution in [0.3, 0.4) is 0 Å². The molecule has 0 atom stereocenters. The molecule has 1 aromatic carbocycles. The van der Waals surface area contributed by atoms with Gasteiger partial charge in [-0.15, -0.1) is 0 Å². The fourth-order valence-electron chi connectivity index (χ4n) is 5.62. The molecule has 0 amide bonds. The van der Waals surface area contributed by atoms with Gasteiger partial charge >= 0.3 is 0 Å². The third-order valence-electron chi connectivity index (χ3n) is 8.77. The summed E-state index contributed by atoms with van der Waals surface area (Å²) in [6.45, 7) is 19.7. The topological polar surface area (TPSA) is 70.7 Å². The molecule has 0 unspecified atom stereocenters. The van der Waals surface area contributed by atoms with Crippen molar-refractivity contribution in [3.63, 3.8) is 0 Å². The number of phenols is 2. The minimum Gasteiger partial charge on any atom is -0.504 e. The van der Waals surface area contributed by atoms with Crippen LogP contribution >= 0.6 is 0 Å². The number of benzene rings is 1. The first-order chi connectivity index (χ1) is 14.6. The molecule has 5 rings (SSSR count). The van der Waals surface area contributed by atoms with Crippen LogP contribution in [0.2, 0.25) is 0 Å². The van der Waals surface area contributed by atoms with Crippen LogP contribution < -0.4 is 0 Å². The number of fused-ring (bicyclic) bond motifs is 7. The van der Waals surface area contributed by atoms with Gasteiger partial charge in [0.2, 0.25) is 0 Å². The third kappa shape index (κ3) is 2.24. The summed E-state index contributed by atoms with van der Waals surface area (Å²) < 4.78 is 2.06. The first kappa shape index (κ1) is 21.0. The van der Waals surface area contributed by atoms with Crippen LogP contribution in [-0.4, -0.2) is 24.6 Å². The van der Waals surface area contributed by atoms with E-state index in [2.05, 4.69) is 78.8 Å². The number of imidazole rings is 1. The molecule has 0 aliphatic heterocycles. The Labute approximate surface area is 189 Å². The van der Waals surface area contributed by atoms with Gasteiger partial charge in [0.25, 0.3) is 0 Å². The van der Waals surface area contributed by atoms with E-state index in [1.165, 1.54) is 0 Å². The van der Waals surface area contributed by atoms with Crippen LogP contribution in [-0.2, 0) is 16.2 Å².